The van der Waals surface area contributed by atoms with Crippen molar-refractivity contribution in [2.75, 3.05) is 40.4 Å². The largest absolute Gasteiger partial charge is 0.493 e. The molecule has 0 saturated carbocycles. The highest BCUT2D eigenvalue weighted by Crippen LogP contribution is 2.28. The third kappa shape index (κ3) is 4.99. The molecule has 1 aliphatic rings. The Balaban J connectivity index is 1.92. The normalized spacial score (nSPS) is 17.4. The average molecular weight is 332 g/mol. The maximum Gasteiger partial charge on any atom is 0.260 e. The van der Waals surface area contributed by atoms with Crippen molar-refractivity contribution < 1.29 is 14.3 Å². The van der Waals surface area contributed by atoms with E-state index in [0.29, 0.717) is 17.4 Å². The third-order valence-corrected chi connectivity index (χ3v) is 4.32. The molecular weight excluding hydrogens is 304 g/mol. The standard InChI is InChI=1S/C19H28N2O3/c1-4-6-15-8-9-17(18(11-15)23-3)24-14-19(22)21-10-5-7-16(13-21)12-20-2/h4,8-9,11,16,20H,1,5-7,10,12-14H2,2-3H3. The summed E-state index contributed by atoms with van der Waals surface area (Å²) in [5.41, 5.74) is 1.10. The molecule has 0 aromatic heterocycles. The molecule has 1 unspecified atom stereocenters. The summed E-state index contributed by atoms with van der Waals surface area (Å²) in [7, 11) is 3.56. The highest BCUT2D eigenvalue weighted by atomic mass is 16.5. The van der Waals surface area contributed by atoms with Crippen LogP contribution in [0.1, 0.15) is 18.4 Å². The molecule has 132 valence electrons. The van der Waals surface area contributed by atoms with Gasteiger partial charge in [-0.05, 0) is 56.5 Å². The number of hydrogen-bond donors (Lipinski definition) is 1. The second-order valence-corrected chi connectivity index (χ2v) is 6.17. The van der Waals surface area contributed by atoms with Crippen molar-refractivity contribution in [3.8, 4) is 11.5 Å². The van der Waals surface area contributed by atoms with Gasteiger partial charge in [-0.2, -0.15) is 0 Å². The lowest BCUT2D eigenvalue weighted by molar-refractivity contribution is -0.135. The van der Waals surface area contributed by atoms with Gasteiger partial charge in [-0.1, -0.05) is 12.1 Å². The second kappa shape index (κ2) is 9.33. The summed E-state index contributed by atoms with van der Waals surface area (Å²) in [6.45, 7) is 6.35. The van der Waals surface area contributed by atoms with E-state index in [0.717, 1.165) is 38.0 Å². The smallest absolute Gasteiger partial charge is 0.260 e. The average Bonchev–Trinajstić information content (AvgIpc) is 2.61. The second-order valence-electron chi connectivity index (χ2n) is 6.17. The van der Waals surface area contributed by atoms with Crippen molar-refractivity contribution in [2.45, 2.75) is 19.3 Å². The maximum absolute atomic E-state index is 12.4. The van der Waals surface area contributed by atoms with Gasteiger partial charge >= 0.3 is 0 Å². The Morgan fingerprint density at radius 1 is 1.46 bits per heavy atom. The van der Waals surface area contributed by atoms with Gasteiger partial charge in [-0.3, -0.25) is 4.79 Å². The number of nitrogens with zero attached hydrogens (tertiary/aromatic N) is 1. The molecule has 1 heterocycles. The number of carbonyl (C=O) groups excluding carboxylic acids is 1. The van der Waals surface area contributed by atoms with Crippen molar-refractivity contribution in [3.63, 3.8) is 0 Å². The molecule has 1 fully saturated rings. The fourth-order valence-electron chi connectivity index (χ4n) is 3.10. The number of ether oxygens (including phenoxy) is 2. The molecule has 1 amide bonds. The van der Waals surface area contributed by atoms with Crippen LogP contribution in [-0.2, 0) is 11.2 Å². The van der Waals surface area contributed by atoms with Gasteiger partial charge in [0, 0.05) is 13.1 Å². The van der Waals surface area contributed by atoms with E-state index in [-0.39, 0.29) is 12.5 Å². The first-order valence-electron chi connectivity index (χ1n) is 8.51. The lowest BCUT2D eigenvalue weighted by Crippen LogP contribution is -2.44. The zero-order valence-electron chi connectivity index (χ0n) is 14.7. The van der Waals surface area contributed by atoms with Gasteiger partial charge in [0.1, 0.15) is 0 Å². The molecular formula is C19H28N2O3. The van der Waals surface area contributed by atoms with E-state index in [1.54, 1.807) is 7.11 Å². The fourth-order valence-corrected chi connectivity index (χ4v) is 3.10. The van der Waals surface area contributed by atoms with Crippen LogP contribution in [0.3, 0.4) is 0 Å². The first-order valence-corrected chi connectivity index (χ1v) is 8.51. The van der Waals surface area contributed by atoms with E-state index in [9.17, 15) is 4.79 Å². The van der Waals surface area contributed by atoms with Crippen molar-refractivity contribution in [1.82, 2.24) is 10.2 Å². The van der Waals surface area contributed by atoms with Crippen LogP contribution in [0.25, 0.3) is 0 Å². The maximum atomic E-state index is 12.4. The van der Waals surface area contributed by atoms with Gasteiger partial charge in [0.2, 0.25) is 0 Å². The van der Waals surface area contributed by atoms with Crippen LogP contribution in [0.5, 0.6) is 11.5 Å². The number of methoxy groups -OCH3 is 1. The molecule has 1 saturated heterocycles. The summed E-state index contributed by atoms with van der Waals surface area (Å²) in [5.74, 6) is 1.81. The monoisotopic (exact) mass is 332 g/mol. The quantitative estimate of drug-likeness (QED) is 0.742. The molecule has 1 aromatic carbocycles. The number of carbonyl (C=O) groups is 1. The summed E-state index contributed by atoms with van der Waals surface area (Å²) in [6, 6.07) is 5.74. The first kappa shape index (κ1) is 18.3. The van der Waals surface area contributed by atoms with E-state index in [1.165, 1.54) is 6.42 Å². The summed E-state index contributed by atoms with van der Waals surface area (Å²) < 4.78 is 11.1. The van der Waals surface area contributed by atoms with Gasteiger partial charge in [-0.25, -0.2) is 0 Å². The number of allylic oxidation sites excluding steroid dienone is 1. The Bertz CT molecular complexity index is 558. The summed E-state index contributed by atoms with van der Waals surface area (Å²) in [6.07, 6.45) is 4.84. The Labute approximate surface area is 144 Å². The number of piperidine rings is 1. The predicted molar refractivity (Wildman–Crippen MR) is 95.6 cm³/mol. The molecule has 1 atom stereocenters. The van der Waals surface area contributed by atoms with Crippen molar-refractivity contribution >= 4 is 5.91 Å². The van der Waals surface area contributed by atoms with Crippen molar-refractivity contribution in [1.29, 1.82) is 0 Å². The number of amides is 1. The molecule has 5 nitrogen and oxygen atoms in total. The molecule has 0 bridgehead atoms. The fraction of sp³-hybridized carbons (Fsp3) is 0.526. The number of nitrogens with one attached hydrogen (secondary N) is 1. The Hall–Kier alpha value is -2.01. The topological polar surface area (TPSA) is 50.8 Å². The van der Waals surface area contributed by atoms with E-state index < -0.39 is 0 Å². The van der Waals surface area contributed by atoms with Gasteiger partial charge in [0.25, 0.3) is 5.91 Å². The molecule has 5 heteroatoms. The first-order chi connectivity index (χ1) is 11.7. The van der Waals surface area contributed by atoms with Gasteiger partial charge in [-0.15, -0.1) is 6.58 Å². The van der Waals surface area contributed by atoms with Gasteiger partial charge < -0.3 is 19.7 Å². The minimum atomic E-state index is 0.0352. The van der Waals surface area contributed by atoms with Crippen molar-refractivity contribution in [2.24, 2.45) is 5.92 Å². The van der Waals surface area contributed by atoms with Crippen LogP contribution < -0.4 is 14.8 Å². The molecule has 1 aromatic rings. The predicted octanol–water partition coefficient (Wildman–Crippen LogP) is 2.26. The number of rotatable bonds is 8. The van der Waals surface area contributed by atoms with Crippen LogP contribution in [0, 0.1) is 5.92 Å². The van der Waals surface area contributed by atoms with Crippen LogP contribution in [-0.4, -0.2) is 51.2 Å². The Morgan fingerprint density at radius 3 is 3.00 bits per heavy atom. The molecule has 0 aliphatic carbocycles. The van der Waals surface area contributed by atoms with Crippen LogP contribution in [0.2, 0.25) is 0 Å². The highest BCUT2D eigenvalue weighted by molar-refractivity contribution is 5.78. The molecule has 0 spiro atoms. The Morgan fingerprint density at radius 2 is 2.29 bits per heavy atom. The minimum absolute atomic E-state index is 0.0352. The van der Waals surface area contributed by atoms with E-state index in [1.807, 2.05) is 36.2 Å². The number of hydrogen-bond acceptors (Lipinski definition) is 4. The van der Waals surface area contributed by atoms with E-state index >= 15 is 0 Å². The van der Waals surface area contributed by atoms with E-state index in [4.69, 9.17) is 9.47 Å². The van der Waals surface area contributed by atoms with E-state index in [2.05, 4.69) is 11.9 Å². The Kier molecular flexibility index (Phi) is 7.12. The molecule has 0 radical (unpaired) electrons. The van der Waals surface area contributed by atoms with Crippen LogP contribution >= 0.6 is 0 Å². The summed E-state index contributed by atoms with van der Waals surface area (Å²) >= 11 is 0. The number of benzene rings is 1. The lowest BCUT2D eigenvalue weighted by Gasteiger charge is -2.32. The molecule has 1 aliphatic heterocycles. The molecule has 2 rings (SSSR count). The highest BCUT2D eigenvalue weighted by Gasteiger charge is 2.23. The third-order valence-electron chi connectivity index (χ3n) is 4.32. The molecule has 1 N–H and O–H groups in total. The number of likely N-dealkylation sites (tertiary alicyclic amines) is 1. The van der Waals surface area contributed by atoms with Crippen LogP contribution in [0.15, 0.2) is 30.9 Å². The zero-order chi connectivity index (χ0) is 17.4. The molecule has 24 heavy (non-hydrogen) atoms. The lowest BCUT2D eigenvalue weighted by atomic mass is 9.98. The minimum Gasteiger partial charge on any atom is -0.493 e. The summed E-state index contributed by atoms with van der Waals surface area (Å²) in [5, 5.41) is 3.19. The zero-order valence-corrected chi connectivity index (χ0v) is 14.7. The van der Waals surface area contributed by atoms with Crippen LogP contribution in [0.4, 0.5) is 0 Å². The van der Waals surface area contributed by atoms with Gasteiger partial charge in [0.15, 0.2) is 18.1 Å². The summed E-state index contributed by atoms with van der Waals surface area (Å²) in [4.78, 5) is 14.3. The van der Waals surface area contributed by atoms with Crippen molar-refractivity contribution in [3.05, 3.63) is 36.4 Å². The van der Waals surface area contributed by atoms with Gasteiger partial charge in [0.05, 0.1) is 7.11 Å². The SMILES string of the molecule is C=CCc1ccc(OCC(=O)N2CCCC(CNC)C2)c(OC)c1.